The lowest BCUT2D eigenvalue weighted by atomic mass is 9.68. The summed E-state index contributed by atoms with van der Waals surface area (Å²) in [6, 6.07) is 7.38. The summed E-state index contributed by atoms with van der Waals surface area (Å²) >= 11 is 0. The highest BCUT2D eigenvalue weighted by atomic mass is 15.2. The van der Waals surface area contributed by atoms with Crippen LogP contribution in [0.4, 0.5) is 5.69 Å². The van der Waals surface area contributed by atoms with E-state index in [0.717, 1.165) is 30.3 Å². The average Bonchev–Trinajstić information content (AvgIpc) is 2.60. The summed E-state index contributed by atoms with van der Waals surface area (Å²) in [5.74, 6) is 4.16. The number of aliphatic imine (C=N–C) groups is 1. The Morgan fingerprint density at radius 3 is 2.65 bits per heavy atom. The van der Waals surface area contributed by atoms with Crippen LogP contribution < -0.4 is 0 Å². The lowest BCUT2D eigenvalue weighted by Crippen LogP contribution is -2.42. The van der Waals surface area contributed by atoms with Gasteiger partial charge in [-0.25, -0.2) is 4.99 Å². The van der Waals surface area contributed by atoms with E-state index in [1.165, 1.54) is 54.8 Å². The number of nitrogens with zero attached hydrogens (tertiary/aromatic N) is 2. The molecule has 104 valence electrons. The standard InChI is InChI=1S/C18H22N2/c1-11-3-2-4-17-16(11)10-20-15-8-12-5-13(9-15)7-14(6-12)18(20)19-17/h2-4,12-15H,5-10H2,1H3/t12-,13-,14?,15?/m0/s1. The second-order valence-electron chi connectivity index (χ2n) is 7.43. The highest BCUT2D eigenvalue weighted by Crippen LogP contribution is 2.50. The van der Waals surface area contributed by atoms with Gasteiger partial charge in [-0.3, -0.25) is 0 Å². The van der Waals surface area contributed by atoms with E-state index < -0.39 is 0 Å². The first-order valence-electron chi connectivity index (χ1n) is 8.21. The van der Waals surface area contributed by atoms with Gasteiger partial charge in [-0.1, -0.05) is 12.1 Å². The SMILES string of the molecule is Cc1cccc2c1CN1C(=N2)C2C[C@H]3CC1C[C@H](C2)C3. The van der Waals surface area contributed by atoms with E-state index in [4.69, 9.17) is 4.99 Å². The molecular weight excluding hydrogens is 244 g/mol. The first kappa shape index (κ1) is 11.4. The molecule has 2 nitrogen and oxygen atoms in total. The Kier molecular flexibility index (Phi) is 2.20. The van der Waals surface area contributed by atoms with Gasteiger partial charge in [-0.05, 0) is 62.5 Å². The quantitative estimate of drug-likeness (QED) is 0.691. The normalized spacial score (nSPS) is 37.2. The average molecular weight is 266 g/mol. The van der Waals surface area contributed by atoms with E-state index in [1.54, 1.807) is 0 Å². The van der Waals surface area contributed by atoms with E-state index in [-0.39, 0.29) is 0 Å². The molecule has 0 N–H and O–H groups in total. The van der Waals surface area contributed by atoms with E-state index >= 15 is 0 Å². The first-order chi connectivity index (χ1) is 9.78. The van der Waals surface area contributed by atoms with Crippen LogP contribution in [0.1, 0.15) is 43.2 Å². The number of aryl methyl sites for hydroxylation is 1. The topological polar surface area (TPSA) is 15.6 Å². The Hall–Kier alpha value is -1.31. The molecule has 6 rings (SSSR count). The van der Waals surface area contributed by atoms with Crippen LogP contribution in [0.2, 0.25) is 0 Å². The predicted molar refractivity (Wildman–Crippen MR) is 81.2 cm³/mol. The van der Waals surface area contributed by atoms with Crippen LogP contribution in [-0.2, 0) is 6.54 Å². The summed E-state index contributed by atoms with van der Waals surface area (Å²) in [4.78, 5) is 7.82. The Morgan fingerprint density at radius 1 is 1.05 bits per heavy atom. The van der Waals surface area contributed by atoms with Crippen molar-refractivity contribution in [1.82, 2.24) is 4.90 Å². The van der Waals surface area contributed by atoms with Crippen LogP contribution in [0.15, 0.2) is 23.2 Å². The fourth-order valence-electron chi connectivity index (χ4n) is 5.36. The Morgan fingerprint density at radius 2 is 1.85 bits per heavy atom. The summed E-state index contributed by atoms with van der Waals surface area (Å²) < 4.78 is 0. The monoisotopic (exact) mass is 266 g/mol. The van der Waals surface area contributed by atoms with Crippen molar-refractivity contribution in [3.05, 3.63) is 29.3 Å². The zero-order chi connectivity index (χ0) is 13.3. The van der Waals surface area contributed by atoms with Crippen molar-refractivity contribution in [3.8, 4) is 0 Å². The van der Waals surface area contributed by atoms with Crippen molar-refractivity contribution in [2.45, 2.75) is 51.6 Å². The molecule has 0 radical (unpaired) electrons. The molecule has 2 heteroatoms. The van der Waals surface area contributed by atoms with Crippen molar-refractivity contribution in [1.29, 1.82) is 0 Å². The molecule has 0 unspecified atom stereocenters. The molecule has 1 aromatic rings. The minimum atomic E-state index is 0.750. The third kappa shape index (κ3) is 1.48. The smallest absolute Gasteiger partial charge is 0.108 e. The minimum Gasteiger partial charge on any atom is -0.352 e. The zero-order valence-corrected chi connectivity index (χ0v) is 12.2. The van der Waals surface area contributed by atoms with Gasteiger partial charge < -0.3 is 4.90 Å². The number of rotatable bonds is 0. The van der Waals surface area contributed by atoms with E-state index in [9.17, 15) is 0 Å². The van der Waals surface area contributed by atoms with Crippen molar-refractivity contribution in [2.24, 2.45) is 22.7 Å². The maximum Gasteiger partial charge on any atom is 0.108 e. The fraction of sp³-hybridized carbons (Fsp3) is 0.611. The van der Waals surface area contributed by atoms with Gasteiger partial charge in [0.15, 0.2) is 0 Å². The second-order valence-corrected chi connectivity index (χ2v) is 7.43. The summed E-state index contributed by atoms with van der Waals surface area (Å²) in [6.07, 6.45) is 7.16. The molecule has 0 amide bonds. The maximum absolute atomic E-state index is 5.13. The Bertz CT molecular complexity index is 589. The molecule has 0 aromatic heterocycles. The molecule has 4 fully saturated rings. The third-order valence-electron chi connectivity index (χ3n) is 6.16. The number of fused-ring (bicyclic) bond motifs is 1. The Balaban J connectivity index is 1.66. The molecule has 20 heavy (non-hydrogen) atoms. The minimum absolute atomic E-state index is 0.750. The molecule has 4 bridgehead atoms. The molecule has 5 aliphatic rings. The van der Waals surface area contributed by atoms with Crippen LogP contribution >= 0.6 is 0 Å². The zero-order valence-electron chi connectivity index (χ0n) is 12.2. The second kappa shape index (κ2) is 3.87. The van der Waals surface area contributed by atoms with Crippen molar-refractivity contribution < 1.29 is 0 Å². The summed E-state index contributed by atoms with van der Waals surface area (Å²) in [6.45, 7) is 3.35. The number of benzene rings is 1. The highest BCUT2D eigenvalue weighted by molar-refractivity contribution is 5.90. The van der Waals surface area contributed by atoms with Gasteiger partial charge in [0.25, 0.3) is 0 Å². The molecule has 1 aromatic carbocycles. The summed E-state index contributed by atoms with van der Waals surface area (Å²) in [7, 11) is 0. The highest BCUT2D eigenvalue weighted by Gasteiger charge is 2.46. The van der Waals surface area contributed by atoms with Gasteiger partial charge in [-0.15, -0.1) is 0 Å². The van der Waals surface area contributed by atoms with Crippen molar-refractivity contribution in [2.75, 3.05) is 0 Å². The van der Waals surface area contributed by atoms with Crippen LogP contribution in [0.5, 0.6) is 0 Å². The van der Waals surface area contributed by atoms with Gasteiger partial charge >= 0.3 is 0 Å². The van der Waals surface area contributed by atoms with Crippen LogP contribution in [-0.4, -0.2) is 16.8 Å². The lowest BCUT2D eigenvalue weighted by molar-refractivity contribution is 0.128. The Labute approximate surface area is 120 Å². The fourth-order valence-corrected chi connectivity index (χ4v) is 5.36. The molecule has 2 saturated carbocycles. The van der Waals surface area contributed by atoms with Crippen LogP contribution in [0.25, 0.3) is 0 Å². The van der Waals surface area contributed by atoms with Crippen molar-refractivity contribution in [3.63, 3.8) is 0 Å². The van der Waals surface area contributed by atoms with Crippen molar-refractivity contribution >= 4 is 11.5 Å². The third-order valence-corrected chi connectivity index (χ3v) is 6.16. The molecule has 3 heterocycles. The number of amidine groups is 1. The van der Waals surface area contributed by atoms with E-state index in [0.29, 0.717) is 0 Å². The van der Waals surface area contributed by atoms with Gasteiger partial charge in [-0.2, -0.15) is 0 Å². The van der Waals surface area contributed by atoms with Gasteiger partial charge in [0, 0.05) is 24.1 Å². The molecule has 2 saturated heterocycles. The molecule has 2 atom stereocenters. The largest absolute Gasteiger partial charge is 0.352 e. The summed E-state index contributed by atoms with van der Waals surface area (Å²) in [5, 5.41) is 0. The van der Waals surface area contributed by atoms with E-state index in [2.05, 4.69) is 30.0 Å². The van der Waals surface area contributed by atoms with Gasteiger partial charge in [0.2, 0.25) is 0 Å². The maximum atomic E-state index is 5.13. The molecular formula is C18H22N2. The number of hydrogen-bond donors (Lipinski definition) is 0. The van der Waals surface area contributed by atoms with Crippen LogP contribution in [0, 0.1) is 24.7 Å². The number of hydrogen-bond acceptors (Lipinski definition) is 2. The first-order valence-corrected chi connectivity index (χ1v) is 8.21. The van der Waals surface area contributed by atoms with Crippen LogP contribution in [0.3, 0.4) is 0 Å². The summed E-state index contributed by atoms with van der Waals surface area (Å²) in [5.41, 5.74) is 4.13. The molecule has 3 aliphatic heterocycles. The van der Waals surface area contributed by atoms with Gasteiger partial charge in [0.1, 0.15) is 5.84 Å². The molecule has 0 spiro atoms. The van der Waals surface area contributed by atoms with E-state index in [1.807, 2.05) is 0 Å². The predicted octanol–water partition coefficient (Wildman–Crippen LogP) is 4.05. The lowest BCUT2D eigenvalue weighted by Gasteiger charge is -2.39. The van der Waals surface area contributed by atoms with Gasteiger partial charge in [0.05, 0.1) is 5.69 Å². The molecule has 2 aliphatic carbocycles.